The molecule has 0 saturated heterocycles. The number of hydrogen-bond acceptors (Lipinski definition) is 5. The lowest BCUT2D eigenvalue weighted by atomic mass is 10.1. The van der Waals surface area contributed by atoms with E-state index in [1.165, 1.54) is 4.68 Å². The molecule has 0 bridgehead atoms. The number of thiophene rings is 1. The number of amides is 1. The number of rotatable bonds is 1. The lowest BCUT2D eigenvalue weighted by Crippen LogP contribution is -2.28. The minimum atomic E-state index is -0.125. The Hall–Kier alpha value is -2.28. The molecule has 0 spiro atoms. The Bertz CT molecular complexity index is 771. The van der Waals surface area contributed by atoms with Crippen molar-refractivity contribution in [2.75, 3.05) is 5.73 Å². The van der Waals surface area contributed by atoms with Gasteiger partial charge < -0.3 is 5.73 Å². The Labute approximate surface area is 125 Å². The van der Waals surface area contributed by atoms with E-state index in [9.17, 15) is 4.79 Å². The van der Waals surface area contributed by atoms with E-state index in [2.05, 4.69) is 15.1 Å². The average molecular weight is 299 g/mol. The number of fused-ring (bicyclic) bond motifs is 1. The Kier molecular flexibility index (Phi) is 2.75. The quantitative estimate of drug-likeness (QED) is 0.875. The molecule has 2 aromatic rings. The first kappa shape index (κ1) is 12.5. The van der Waals surface area contributed by atoms with E-state index >= 15 is 0 Å². The van der Waals surface area contributed by atoms with Gasteiger partial charge in [-0.3, -0.25) is 4.79 Å². The van der Waals surface area contributed by atoms with Crippen molar-refractivity contribution in [2.45, 2.75) is 19.3 Å². The smallest absolute Gasteiger partial charge is 0.257 e. The number of nitrogens with two attached hydrogens (primary N) is 1. The van der Waals surface area contributed by atoms with Crippen LogP contribution in [0.2, 0.25) is 0 Å². The first-order valence-corrected chi connectivity index (χ1v) is 7.70. The lowest BCUT2D eigenvalue weighted by Gasteiger charge is -2.14. The number of nitrogens with zero attached hydrogens (tertiary/aromatic N) is 4. The fraction of sp³-hybridized carbons (Fsp3) is 0.286. The Balaban J connectivity index is 1.76. The van der Waals surface area contributed by atoms with E-state index in [4.69, 9.17) is 5.73 Å². The summed E-state index contributed by atoms with van der Waals surface area (Å²) in [6, 6.07) is 5.71. The number of carbonyl (C=O) groups is 1. The van der Waals surface area contributed by atoms with Gasteiger partial charge in [0.1, 0.15) is 11.5 Å². The molecule has 6 nitrogen and oxygen atoms in total. The second-order valence-corrected chi connectivity index (χ2v) is 6.09. The molecule has 1 amide bonds. The molecular weight excluding hydrogens is 286 g/mol. The molecule has 0 radical (unpaired) electrons. The molecule has 1 aliphatic heterocycles. The minimum absolute atomic E-state index is 0.123. The number of aromatic nitrogens is 2. The van der Waals surface area contributed by atoms with Gasteiger partial charge in [0.05, 0.1) is 10.8 Å². The number of anilines is 1. The maximum Gasteiger partial charge on any atom is 0.257 e. The van der Waals surface area contributed by atoms with Gasteiger partial charge in [-0.15, -0.1) is 11.3 Å². The van der Waals surface area contributed by atoms with Crippen LogP contribution in [0.1, 0.15) is 19.3 Å². The van der Waals surface area contributed by atoms with Crippen molar-refractivity contribution in [3.05, 3.63) is 23.6 Å². The maximum absolute atomic E-state index is 12.1. The Morgan fingerprint density at radius 1 is 1.38 bits per heavy atom. The predicted molar refractivity (Wildman–Crippen MR) is 82.6 cm³/mol. The van der Waals surface area contributed by atoms with Crippen LogP contribution in [0.5, 0.6) is 0 Å². The molecule has 0 aromatic carbocycles. The highest BCUT2D eigenvalue weighted by molar-refractivity contribution is 7.13. The molecule has 21 heavy (non-hydrogen) atoms. The Morgan fingerprint density at radius 3 is 3.10 bits per heavy atom. The van der Waals surface area contributed by atoms with Crippen molar-refractivity contribution >= 4 is 34.7 Å². The van der Waals surface area contributed by atoms with Crippen LogP contribution in [0.25, 0.3) is 10.6 Å². The van der Waals surface area contributed by atoms with Gasteiger partial charge in [0.15, 0.2) is 0 Å². The summed E-state index contributed by atoms with van der Waals surface area (Å²) >= 11 is 1.59. The summed E-state index contributed by atoms with van der Waals surface area (Å²) in [7, 11) is 0. The second-order valence-electron chi connectivity index (χ2n) is 5.14. The summed E-state index contributed by atoms with van der Waals surface area (Å²) in [6.07, 6.45) is 2.70. The summed E-state index contributed by atoms with van der Waals surface area (Å²) < 4.78 is 1.45. The normalized spacial score (nSPS) is 21.1. The minimum Gasteiger partial charge on any atom is -0.383 e. The summed E-state index contributed by atoms with van der Waals surface area (Å²) in [5.74, 6) is 0.474. The topological polar surface area (TPSA) is 85.6 Å². The van der Waals surface area contributed by atoms with Gasteiger partial charge in [0.25, 0.3) is 11.9 Å². The number of hydrogen-bond donors (Lipinski definition) is 1. The van der Waals surface area contributed by atoms with Crippen LogP contribution >= 0.6 is 11.3 Å². The van der Waals surface area contributed by atoms with Crippen LogP contribution in [0, 0.1) is 5.92 Å². The molecule has 1 saturated carbocycles. The molecule has 4 rings (SSSR count). The first-order chi connectivity index (χ1) is 10.2. The Morgan fingerprint density at radius 2 is 2.29 bits per heavy atom. The third-order valence-corrected chi connectivity index (χ3v) is 4.67. The van der Waals surface area contributed by atoms with Crippen LogP contribution in [0.4, 0.5) is 5.82 Å². The molecule has 3 heterocycles. The van der Waals surface area contributed by atoms with E-state index in [1.54, 1.807) is 17.4 Å². The van der Waals surface area contributed by atoms with Crippen molar-refractivity contribution < 1.29 is 4.79 Å². The number of carbonyl (C=O) groups excluding carboxylic acids is 1. The van der Waals surface area contributed by atoms with Crippen LogP contribution in [0.3, 0.4) is 0 Å². The van der Waals surface area contributed by atoms with E-state index in [0.717, 1.165) is 35.5 Å². The van der Waals surface area contributed by atoms with E-state index in [0.29, 0.717) is 5.82 Å². The van der Waals surface area contributed by atoms with E-state index in [-0.39, 0.29) is 17.8 Å². The van der Waals surface area contributed by atoms with Crippen molar-refractivity contribution in [3.8, 4) is 10.6 Å². The lowest BCUT2D eigenvalue weighted by molar-refractivity contribution is -0.119. The third kappa shape index (κ3) is 2.01. The zero-order chi connectivity index (χ0) is 14.4. The fourth-order valence-electron chi connectivity index (χ4n) is 2.75. The number of aliphatic imine (C=N–C) groups is 2. The molecule has 7 heteroatoms. The SMILES string of the molecule is Nc1cc(-c2cccs2)nn1C1=NC(=O)C2CCCC2=N1. The standard InChI is InChI=1S/C14H13N5OS/c15-12-7-10(11-5-2-6-21-11)18-19(12)14-16-9-4-1-3-8(9)13(20)17-14/h2,5-8H,1,3-4,15H2. The van der Waals surface area contributed by atoms with Crippen LogP contribution in [0.15, 0.2) is 33.6 Å². The van der Waals surface area contributed by atoms with E-state index < -0.39 is 0 Å². The first-order valence-electron chi connectivity index (χ1n) is 6.82. The van der Waals surface area contributed by atoms with Gasteiger partial charge in [0, 0.05) is 11.8 Å². The van der Waals surface area contributed by atoms with Crippen molar-refractivity contribution in [1.82, 2.24) is 9.78 Å². The molecule has 1 atom stereocenters. The van der Waals surface area contributed by atoms with Gasteiger partial charge in [-0.05, 0) is 30.7 Å². The average Bonchev–Trinajstić information content (AvgIpc) is 3.17. The molecule has 1 aliphatic carbocycles. The molecular formula is C14H13N5OS. The van der Waals surface area contributed by atoms with Gasteiger partial charge >= 0.3 is 0 Å². The van der Waals surface area contributed by atoms with Crippen LogP contribution in [-0.2, 0) is 4.79 Å². The number of nitrogen functional groups attached to an aromatic ring is 1. The maximum atomic E-state index is 12.1. The monoisotopic (exact) mass is 299 g/mol. The zero-order valence-electron chi connectivity index (χ0n) is 11.2. The van der Waals surface area contributed by atoms with Gasteiger partial charge in [0.2, 0.25) is 0 Å². The van der Waals surface area contributed by atoms with Crippen molar-refractivity contribution in [3.63, 3.8) is 0 Å². The van der Waals surface area contributed by atoms with E-state index in [1.807, 2.05) is 17.5 Å². The third-order valence-electron chi connectivity index (χ3n) is 3.78. The summed E-state index contributed by atoms with van der Waals surface area (Å²) in [6.45, 7) is 0. The highest BCUT2D eigenvalue weighted by atomic mass is 32.1. The summed E-state index contributed by atoms with van der Waals surface area (Å²) in [5.41, 5.74) is 7.69. The van der Waals surface area contributed by atoms with Gasteiger partial charge in [-0.1, -0.05) is 6.07 Å². The summed E-state index contributed by atoms with van der Waals surface area (Å²) in [5, 5.41) is 6.42. The molecule has 106 valence electrons. The van der Waals surface area contributed by atoms with Crippen LogP contribution in [-0.4, -0.2) is 27.4 Å². The van der Waals surface area contributed by atoms with Crippen molar-refractivity contribution in [2.24, 2.45) is 15.9 Å². The zero-order valence-corrected chi connectivity index (χ0v) is 12.0. The second kappa shape index (κ2) is 4.63. The molecule has 1 unspecified atom stereocenters. The molecule has 2 N–H and O–H groups in total. The highest BCUT2D eigenvalue weighted by Crippen LogP contribution is 2.29. The fourth-order valence-corrected chi connectivity index (χ4v) is 3.43. The van der Waals surface area contributed by atoms with Crippen molar-refractivity contribution in [1.29, 1.82) is 0 Å². The summed E-state index contributed by atoms with van der Waals surface area (Å²) in [4.78, 5) is 21.6. The molecule has 1 fully saturated rings. The largest absolute Gasteiger partial charge is 0.383 e. The van der Waals surface area contributed by atoms with Gasteiger partial charge in [-0.25, -0.2) is 4.99 Å². The molecule has 2 aliphatic rings. The molecule has 2 aromatic heterocycles. The highest BCUT2D eigenvalue weighted by Gasteiger charge is 2.33. The van der Waals surface area contributed by atoms with Gasteiger partial charge in [-0.2, -0.15) is 14.8 Å². The predicted octanol–water partition coefficient (Wildman–Crippen LogP) is 2.18. The van der Waals surface area contributed by atoms with Crippen LogP contribution < -0.4 is 5.73 Å².